The average Bonchev–Trinajstić information content (AvgIpc) is 3.04. The molecule has 142 valence electrons. The van der Waals surface area contributed by atoms with Crippen molar-refractivity contribution in [1.82, 2.24) is 0 Å². The van der Waals surface area contributed by atoms with Crippen molar-refractivity contribution in [3.05, 3.63) is 70.5 Å². The van der Waals surface area contributed by atoms with Crippen molar-refractivity contribution < 1.29 is 19.0 Å². The van der Waals surface area contributed by atoms with Gasteiger partial charge in [0.2, 0.25) is 0 Å². The second-order valence-electron chi connectivity index (χ2n) is 7.31. The van der Waals surface area contributed by atoms with Crippen molar-refractivity contribution in [3.63, 3.8) is 0 Å². The standard InChI is InChI=1S/C21H19Cl2FO3/c1-20(2)18(19(25)26)21(20,12-17(22)23)11-13-5-3-4-6-16(13)27-15-9-7-14(24)8-10-15/h3-10,12,18H,11H2,1-2H3,(H,25,26). The molecule has 1 fully saturated rings. The van der Waals surface area contributed by atoms with Gasteiger partial charge in [0.05, 0.1) is 5.92 Å². The van der Waals surface area contributed by atoms with Crippen molar-refractivity contribution in [1.29, 1.82) is 0 Å². The first kappa shape index (κ1) is 19.7. The number of hydrogen-bond acceptors (Lipinski definition) is 2. The van der Waals surface area contributed by atoms with Crippen LogP contribution in [0.3, 0.4) is 0 Å². The zero-order chi connectivity index (χ0) is 19.8. The second kappa shape index (κ2) is 7.17. The van der Waals surface area contributed by atoms with Crippen molar-refractivity contribution >= 4 is 29.2 Å². The maximum atomic E-state index is 13.1. The fourth-order valence-corrected chi connectivity index (χ4v) is 4.34. The molecule has 2 unspecified atom stereocenters. The molecule has 6 heteroatoms. The quantitative estimate of drug-likeness (QED) is 0.617. The summed E-state index contributed by atoms with van der Waals surface area (Å²) in [5.41, 5.74) is -0.416. The number of carboxylic acid groups (broad SMARTS) is 1. The Morgan fingerprint density at radius 1 is 1.19 bits per heavy atom. The van der Waals surface area contributed by atoms with E-state index in [2.05, 4.69) is 0 Å². The molecule has 1 aliphatic rings. The van der Waals surface area contributed by atoms with Gasteiger partial charge in [0.15, 0.2) is 0 Å². The van der Waals surface area contributed by atoms with Crippen LogP contribution in [0.15, 0.2) is 59.1 Å². The molecule has 2 atom stereocenters. The molecule has 3 rings (SSSR count). The Morgan fingerprint density at radius 2 is 1.81 bits per heavy atom. The molecule has 0 radical (unpaired) electrons. The van der Waals surface area contributed by atoms with E-state index in [1.54, 1.807) is 24.3 Å². The minimum Gasteiger partial charge on any atom is -0.481 e. The van der Waals surface area contributed by atoms with E-state index in [1.165, 1.54) is 12.1 Å². The first-order valence-electron chi connectivity index (χ1n) is 8.45. The van der Waals surface area contributed by atoms with Crippen molar-refractivity contribution in [3.8, 4) is 11.5 Å². The van der Waals surface area contributed by atoms with Gasteiger partial charge in [0.1, 0.15) is 21.8 Å². The van der Waals surface area contributed by atoms with Crippen LogP contribution in [0.5, 0.6) is 11.5 Å². The summed E-state index contributed by atoms with van der Waals surface area (Å²) in [6.45, 7) is 3.78. The van der Waals surface area contributed by atoms with E-state index < -0.39 is 22.7 Å². The van der Waals surface area contributed by atoms with Crippen LogP contribution >= 0.6 is 23.2 Å². The molecule has 2 aromatic carbocycles. The van der Waals surface area contributed by atoms with Crippen LogP contribution in [-0.2, 0) is 11.2 Å². The van der Waals surface area contributed by atoms with E-state index in [9.17, 15) is 14.3 Å². The fraction of sp³-hybridized carbons (Fsp3) is 0.286. The van der Waals surface area contributed by atoms with Crippen LogP contribution in [0, 0.1) is 22.6 Å². The Morgan fingerprint density at radius 3 is 2.37 bits per heavy atom. The lowest BCUT2D eigenvalue weighted by molar-refractivity contribution is -0.139. The van der Waals surface area contributed by atoms with Gasteiger partial charge in [0, 0.05) is 5.41 Å². The zero-order valence-corrected chi connectivity index (χ0v) is 16.4. The van der Waals surface area contributed by atoms with Crippen molar-refractivity contribution in [2.45, 2.75) is 20.3 Å². The van der Waals surface area contributed by atoms with E-state index in [0.29, 0.717) is 17.9 Å². The van der Waals surface area contributed by atoms with E-state index in [-0.39, 0.29) is 10.3 Å². The van der Waals surface area contributed by atoms with Crippen LogP contribution in [-0.4, -0.2) is 11.1 Å². The van der Waals surface area contributed by atoms with Crippen LogP contribution in [0.4, 0.5) is 4.39 Å². The zero-order valence-electron chi connectivity index (χ0n) is 14.9. The molecule has 1 aliphatic carbocycles. The highest BCUT2D eigenvalue weighted by molar-refractivity contribution is 6.55. The largest absolute Gasteiger partial charge is 0.481 e. The normalized spacial score (nSPS) is 22.8. The average molecular weight is 409 g/mol. The predicted octanol–water partition coefficient (Wildman–Crippen LogP) is 6.21. The number of aliphatic carboxylic acids is 1. The third-order valence-corrected chi connectivity index (χ3v) is 5.68. The number of para-hydroxylation sites is 1. The van der Waals surface area contributed by atoms with Gasteiger partial charge in [-0.25, -0.2) is 4.39 Å². The lowest BCUT2D eigenvalue weighted by atomic mass is 9.88. The Hall–Kier alpha value is -2.04. The molecular weight excluding hydrogens is 390 g/mol. The molecule has 0 saturated heterocycles. The van der Waals surface area contributed by atoms with E-state index in [4.69, 9.17) is 27.9 Å². The Balaban J connectivity index is 1.96. The van der Waals surface area contributed by atoms with Crippen LogP contribution in [0.25, 0.3) is 0 Å². The number of ether oxygens (including phenoxy) is 1. The maximum absolute atomic E-state index is 13.1. The number of rotatable bonds is 6. The fourth-order valence-electron chi connectivity index (χ4n) is 3.95. The summed E-state index contributed by atoms with van der Waals surface area (Å²) in [4.78, 5) is 11.8. The smallest absolute Gasteiger partial charge is 0.307 e. The molecular formula is C21H19Cl2FO3. The third-order valence-electron chi connectivity index (χ3n) is 5.46. The first-order valence-corrected chi connectivity index (χ1v) is 9.21. The molecule has 0 heterocycles. The highest BCUT2D eigenvalue weighted by Crippen LogP contribution is 2.72. The van der Waals surface area contributed by atoms with Gasteiger partial charge in [-0.1, -0.05) is 55.2 Å². The minimum atomic E-state index is -0.886. The summed E-state index contributed by atoms with van der Waals surface area (Å²) in [6.07, 6.45) is 2.03. The molecule has 0 spiro atoms. The monoisotopic (exact) mass is 408 g/mol. The number of carboxylic acids is 1. The molecule has 1 saturated carbocycles. The summed E-state index contributed by atoms with van der Waals surface area (Å²) in [7, 11) is 0. The summed E-state index contributed by atoms with van der Waals surface area (Å²) in [5.74, 6) is -0.775. The van der Waals surface area contributed by atoms with E-state index in [0.717, 1.165) is 5.56 Å². The summed E-state index contributed by atoms with van der Waals surface area (Å²) in [5, 5.41) is 9.66. The van der Waals surface area contributed by atoms with E-state index in [1.807, 2.05) is 32.0 Å². The molecule has 2 aromatic rings. The van der Waals surface area contributed by atoms with Gasteiger partial charge in [-0.05, 0) is 53.8 Å². The summed E-state index contributed by atoms with van der Waals surface area (Å²) in [6, 6.07) is 13.1. The molecule has 27 heavy (non-hydrogen) atoms. The number of carbonyl (C=O) groups is 1. The number of hydrogen-bond donors (Lipinski definition) is 1. The Kier molecular flexibility index (Phi) is 5.24. The Bertz CT molecular complexity index is 889. The predicted molar refractivity (Wildman–Crippen MR) is 104 cm³/mol. The van der Waals surface area contributed by atoms with Crippen molar-refractivity contribution in [2.75, 3.05) is 0 Å². The van der Waals surface area contributed by atoms with Crippen LogP contribution in [0.2, 0.25) is 0 Å². The molecule has 3 nitrogen and oxygen atoms in total. The lowest BCUT2D eigenvalue weighted by Crippen LogP contribution is -2.13. The number of allylic oxidation sites excluding steroid dienone is 1. The Labute approximate surface area is 167 Å². The topological polar surface area (TPSA) is 46.5 Å². The third kappa shape index (κ3) is 3.69. The first-order chi connectivity index (χ1) is 12.7. The minimum absolute atomic E-state index is 0.0451. The van der Waals surface area contributed by atoms with Crippen LogP contribution in [0.1, 0.15) is 19.4 Å². The molecule has 0 aliphatic heterocycles. The summed E-state index contributed by atoms with van der Waals surface area (Å²) < 4.78 is 19.1. The maximum Gasteiger partial charge on any atom is 0.307 e. The van der Waals surface area contributed by atoms with Crippen LogP contribution < -0.4 is 4.74 Å². The number of benzene rings is 2. The van der Waals surface area contributed by atoms with Gasteiger partial charge < -0.3 is 9.84 Å². The molecule has 0 amide bonds. The lowest BCUT2D eigenvalue weighted by Gasteiger charge is -2.19. The SMILES string of the molecule is CC1(C)C(C(=O)O)C1(C=C(Cl)Cl)Cc1ccccc1Oc1ccc(F)cc1. The van der Waals surface area contributed by atoms with E-state index >= 15 is 0 Å². The van der Waals surface area contributed by atoms with Gasteiger partial charge in [-0.2, -0.15) is 0 Å². The highest BCUT2D eigenvalue weighted by Gasteiger charge is 2.73. The molecule has 1 N–H and O–H groups in total. The number of halogens is 3. The van der Waals surface area contributed by atoms with Gasteiger partial charge in [0.25, 0.3) is 0 Å². The van der Waals surface area contributed by atoms with Crippen molar-refractivity contribution in [2.24, 2.45) is 16.7 Å². The van der Waals surface area contributed by atoms with Gasteiger partial charge in [-0.3, -0.25) is 4.79 Å². The van der Waals surface area contributed by atoms with Gasteiger partial charge in [-0.15, -0.1) is 0 Å². The molecule has 0 aromatic heterocycles. The van der Waals surface area contributed by atoms with Gasteiger partial charge >= 0.3 is 5.97 Å². The second-order valence-corrected chi connectivity index (χ2v) is 8.32. The molecule has 0 bridgehead atoms. The highest BCUT2D eigenvalue weighted by atomic mass is 35.5. The summed E-state index contributed by atoms with van der Waals surface area (Å²) >= 11 is 11.8.